The number of nitrogens with one attached hydrogen (secondary N) is 1. The Kier molecular flexibility index (Phi) is 6.39. The molecule has 1 aliphatic rings. The third-order valence-corrected chi connectivity index (χ3v) is 7.23. The summed E-state index contributed by atoms with van der Waals surface area (Å²) in [6.45, 7) is 6.11. The van der Waals surface area contributed by atoms with Gasteiger partial charge in [0, 0.05) is 6.54 Å². The molecule has 1 amide bonds. The van der Waals surface area contributed by atoms with Gasteiger partial charge in [-0.2, -0.15) is 0 Å². The molecule has 0 fully saturated rings. The number of nitrogens with zero attached hydrogens (tertiary/aromatic N) is 2. The largest absolute Gasteiger partial charge is 0.349 e. The van der Waals surface area contributed by atoms with Gasteiger partial charge in [-0.3, -0.25) is 14.2 Å². The Morgan fingerprint density at radius 3 is 2.93 bits per heavy atom. The number of thioether (sulfide) groups is 1. The first-order valence-electron chi connectivity index (χ1n) is 10.2. The van der Waals surface area contributed by atoms with E-state index in [0.717, 1.165) is 18.4 Å². The van der Waals surface area contributed by atoms with Gasteiger partial charge in [-0.25, -0.2) is 4.98 Å². The van der Waals surface area contributed by atoms with Crippen molar-refractivity contribution in [1.82, 2.24) is 14.9 Å². The number of allylic oxidation sites excluding steroid dienone is 1. The number of fused-ring (bicyclic) bond motifs is 2. The average molecular weight is 440 g/mol. The maximum Gasteiger partial charge on any atom is 0.263 e. The average Bonchev–Trinajstić information content (AvgIpc) is 3.23. The van der Waals surface area contributed by atoms with Crippen LogP contribution in [0.25, 0.3) is 10.2 Å². The Morgan fingerprint density at radius 1 is 1.33 bits per heavy atom. The number of hydrogen-bond donors (Lipinski definition) is 1. The molecule has 1 aromatic carbocycles. The zero-order valence-electron chi connectivity index (χ0n) is 17.0. The van der Waals surface area contributed by atoms with Gasteiger partial charge in [-0.15, -0.1) is 17.9 Å². The number of carbonyl (C=O) groups excluding carboxylic acids is 1. The summed E-state index contributed by atoms with van der Waals surface area (Å²) in [6.07, 6.45) is 6.45. The molecule has 30 heavy (non-hydrogen) atoms. The van der Waals surface area contributed by atoms with Gasteiger partial charge in [-0.1, -0.05) is 36.0 Å². The summed E-state index contributed by atoms with van der Waals surface area (Å²) in [4.78, 5) is 30.6. The second-order valence-corrected chi connectivity index (χ2v) is 9.39. The van der Waals surface area contributed by atoms with E-state index in [0.29, 0.717) is 21.9 Å². The van der Waals surface area contributed by atoms with E-state index in [4.69, 9.17) is 0 Å². The molecule has 0 bridgehead atoms. The molecule has 1 aliphatic carbocycles. The van der Waals surface area contributed by atoms with Gasteiger partial charge in [0.2, 0.25) is 5.91 Å². The van der Waals surface area contributed by atoms with Crippen LogP contribution in [0.4, 0.5) is 0 Å². The minimum Gasteiger partial charge on any atom is -0.349 e. The second kappa shape index (κ2) is 9.18. The van der Waals surface area contributed by atoms with E-state index in [2.05, 4.69) is 35.1 Å². The van der Waals surface area contributed by atoms with E-state index in [9.17, 15) is 9.59 Å². The number of benzene rings is 1. The lowest BCUT2D eigenvalue weighted by Gasteiger charge is -2.20. The number of amides is 1. The number of rotatable bonds is 7. The van der Waals surface area contributed by atoms with Crippen molar-refractivity contribution in [3.8, 4) is 0 Å². The predicted molar refractivity (Wildman–Crippen MR) is 124 cm³/mol. The summed E-state index contributed by atoms with van der Waals surface area (Å²) in [6, 6.07) is 8.29. The van der Waals surface area contributed by atoms with Crippen LogP contribution in [-0.2, 0) is 24.2 Å². The van der Waals surface area contributed by atoms with Crippen LogP contribution in [0.1, 0.15) is 42.5 Å². The smallest absolute Gasteiger partial charge is 0.263 e. The summed E-state index contributed by atoms with van der Waals surface area (Å²) < 4.78 is 1.58. The highest BCUT2D eigenvalue weighted by atomic mass is 32.2. The highest BCUT2D eigenvalue weighted by Crippen LogP contribution is 2.25. The normalized spacial score (nSPS) is 14.3. The van der Waals surface area contributed by atoms with Gasteiger partial charge < -0.3 is 5.32 Å². The molecular weight excluding hydrogens is 414 g/mol. The first-order chi connectivity index (χ1) is 14.6. The lowest BCUT2D eigenvalue weighted by molar-refractivity contribution is -0.119. The van der Waals surface area contributed by atoms with E-state index in [1.54, 1.807) is 16.7 Å². The zero-order chi connectivity index (χ0) is 21.1. The summed E-state index contributed by atoms with van der Waals surface area (Å²) in [7, 11) is 0. The van der Waals surface area contributed by atoms with Crippen molar-refractivity contribution in [2.24, 2.45) is 0 Å². The summed E-state index contributed by atoms with van der Waals surface area (Å²) in [5, 5.41) is 6.09. The van der Waals surface area contributed by atoms with Gasteiger partial charge in [0.25, 0.3) is 5.56 Å². The highest BCUT2D eigenvalue weighted by Gasteiger charge is 2.16. The SMILES string of the molecule is C=CCn1c(SCC(=O)NC(C)c2ccc3c(c2)CCCC3)nc2sccc2c1=O. The van der Waals surface area contributed by atoms with E-state index >= 15 is 0 Å². The summed E-state index contributed by atoms with van der Waals surface area (Å²) >= 11 is 2.72. The number of aromatic nitrogens is 2. The van der Waals surface area contributed by atoms with Crippen LogP contribution in [0, 0.1) is 0 Å². The van der Waals surface area contributed by atoms with Crippen molar-refractivity contribution in [2.45, 2.75) is 50.4 Å². The van der Waals surface area contributed by atoms with Crippen LogP contribution in [0.3, 0.4) is 0 Å². The standard InChI is InChI=1S/C23H25N3O2S2/c1-3-11-26-22(28)19-10-12-29-21(19)25-23(26)30-14-20(27)24-15(2)17-9-8-16-6-4-5-7-18(16)13-17/h3,8-10,12-13,15H,1,4-7,11,14H2,2H3,(H,24,27). The van der Waals surface area contributed by atoms with E-state index in [1.807, 2.05) is 12.3 Å². The van der Waals surface area contributed by atoms with Crippen molar-refractivity contribution in [3.05, 3.63) is 69.3 Å². The van der Waals surface area contributed by atoms with Crippen LogP contribution in [-0.4, -0.2) is 21.2 Å². The van der Waals surface area contributed by atoms with Gasteiger partial charge >= 0.3 is 0 Å². The molecule has 3 aromatic rings. The molecule has 1 N–H and O–H groups in total. The van der Waals surface area contributed by atoms with Gasteiger partial charge in [0.15, 0.2) is 5.16 Å². The molecule has 156 valence electrons. The Labute approximate surface area is 184 Å². The monoisotopic (exact) mass is 439 g/mol. The van der Waals surface area contributed by atoms with Crippen molar-refractivity contribution in [2.75, 3.05) is 5.75 Å². The van der Waals surface area contributed by atoms with Gasteiger partial charge in [0.1, 0.15) is 4.83 Å². The fraction of sp³-hybridized carbons (Fsp3) is 0.348. The molecule has 0 saturated carbocycles. The first kappa shape index (κ1) is 20.9. The number of aryl methyl sites for hydroxylation is 2. The Morgan fingerprint density at radius 2 is 2.13 bits per heavy atom. The minimum absolute atomic E-state index is 0.0616. The molecule has 2 aromatic heterocycles. The Hall–Kier alpha value is -2.38. The lowest BCUT2D eigenvalue weighted by Crippen LogP contribution is -2.29. The molecule has 1 atom stereocenters. The van der Waals surface area contributed by atoms with Crippen molar-refractivity contribution in [1.29, 1.82) is 0 Å². The van der Waals surface area contributed by atoms with E-state index in [-0.39, 0.29) is 23.3 Å². The molecule has 2 heterocycles. The fourth-order valence-corrected chi connectivity index (χ4v) is 5.47. The van der Waals surface area contributed by atoms with Crippen LogP contribution in [0.5, 0.6) is 0 Å². The molecule has 0 radical (unpaired) electrons. The molecule has 0 aliphatic heterocycles. The quantitative estimate of drug-likeness (QED) is 0.335. The minimum atomic E-state index is -0.0912. The molecule has 1 unspecified atom stereocenters. The molecule has 5 nitrogen and oxygen atoms in total. The molecule has 4 rings (SSSR count). The van der Waals surface area contributed by atoms with E-state index in [1.165, 1.54) is 47.1 Å². The van der Waals surface area contributed by atoms with Crippen molar-refractivity contribution >= 4 is 39.2 Å². The van der Waals surface area contributed by atoms with Crippen LogP contribution < -0.4 is 10.9 Å². The third-order valence-electron chi connectivity index (χ3n) is 5.44. The first-order valence-corrected chi connectivity index (χ1v) is 12.1. The van der Waals surface area contributed by atoms with Crippen molar-refractivity contribution in [3.63, 3.8) is 0 Å². The highest BCUT2D eigenvalue weighted by molar-refractivity contribution is 7.99. The number of carbonyl (C=O) groups is 1. The Balaban J connectivity index is 1.44. The molecule has 0 spiro atoms. The van der Waals surface area contributed by atoms with Crippen LogP contribution >= 0.6 is 23.1 Å². The fourth-order valence-electron chi connectivity index (χ4n) is 3.85. The van der Waals surface area contributed by atoms with Crippen molar-refractivity contribution < 1.29 is 4.79 Å². The lowest BCUT2D eigenvalue weighted by atomic mass is 9.89. The Bertz CT molecular complexity index is 1150. The molecule has 0 saturated heterocycles. The molecule has 7 heteroatoms. The summed E-state index contributed by atoms with van der Waals surface area (Å²) in [5.74, 6) is 0.131. The van der Waals surface area contributed by atoms with Gasteiger partial charge in [0.05, 0.1) is 17.2 Å². The van der Waals surface area contributed by atoms with Crippen LogP contribution in [0.15, 0.2) is 52.3 Å². The van der Waals surface area contributed by atoms with E-state index < -0.39 is 0 Å². The second-order valence-electron chi connectivity index (χ2n) is 7.55. The van der Waals surface area contributed by atoms with Gasteiger partial charge in [-0.05, 0) is 60.7 Å². The topological polar surface area (TPSA) is 64.0 Å². The summed E-state index contributed by atoms with van der Waals surface area (Å²) in [5.41, 5.74) is 3.90. The number of hydrogen-bond acceptors (Lipinski definition) is 5. The number of thiophene rings is 1. The maximum absolute atomic E-state index is 12.7. The van der Waals surface area contributed by atoms with Crippen LogP contribution in [0.2, 0.25) is 0 Å². The third kappa shape index (κ3) is 4.37. The molecular formula is C23H25N3O2S2. The predicted octanol–water partition coefficient (Wildman–Crippen LogP) is 4.49. The zero-order valence-corrected chi connectivity index (χ0v) is 18.7. The maximum atomic E-state index is 12.7.